The number of piperidine rings is 1. The van der Waals surface area contributed by atoms with Gasteiger partial charge in [-0.05, 0) is 74.7 Å². The van der Waals surface area contributed by atoms with E-state index in [-0.39, 0.29) is 23.7 Å². The van der Waals surface area contributed by atoms with Crippen molar-refractivity contribution in [1.82, 2.24) is 24.8 Å². The van der Waals surface area contributed by atoms with Crippen LogP contribution in [0.25, 0.3) is 11.2 Å². The van der Waals surface area contributed by atoms with Crippen LogP contribution in [0.1, 0.15) is 96.0 Å². The van der Waals surface area contributed by atoms with Crippen LogP contribution < -0.4 is 15.5 Å². The normalized spacial score (nSPS) is 25.2. The molecule has 0 spiro atoms. The molecular weight excluding hydrogens is 540 g/mol. The van der Waals surface area contributed by atoms with Gasteiger partial charge in [-0.25, -0.2) is 14.8 Å². The van der Waals surface area contributed by atoms with Crippen molar-refractivity contribution in [3.8, 4) is 0 Å². The number of nitrogens with zero attached hydrogens (tertiary/aromatic N) is 5. The molecule has 1 amide bonds. The molecule has 1 saturated heterocycles. The molecule has 4 N–H and O–H groups in total. The van der Waals surface area contributed by atoms with Crippen molar-refractivity contribution < 1.29 is 9.90 Å². The molecule has 3 fully saturated rings. The Bertz CT molecular complexity index is 1440. The summed E-state index contributed by atoms with van der Waals surface area (Å²) >= 11 is 0. The largest absolute Gasteiger partial charge is 0.465 e. The van der Waals surface area contributed by atoms with E-state index in [1.807, 2.05) is 0 Å². The molecule has 1 aromatic carbocycles. The van der Waals surface area contributed by atoms with Crippen LogP contribution in [0.15, 0.2) is 30.3 Å². The lowest BCUT2D eigenvalue weighted by atomic mass is 9.80. The summed E-state index contributed by atoms with van der Waals surface area (Å²) in [6, 6.07) is 11.1. The molecule has 3 heterocycles. The Labute approximate surface area is 254 Å². The molecule has 3 aromatic rings. The Morgan fingerprint density at radius 3 is 2.44 bits per heavy atom. The molecule has 230 valence electrons. The molecule has 43 heavy (non-hydrogen) atoms. The maximum atomic E-state index is 11.4. The molecule has 3 atom stereocenters. The molecule has 1 aliphatic heterocycles. The van der Waals surface area contributed by atoms with Crippen LogP contribution >= 0.6 is 0 Å². The highest BCUT2D eigenvalue weighted by Crippen LogP contribution is 2.41. The lowest BCUT2D eigenvalue weighted by Gasteiger charge is -2.40. The number of carboxylic acid groups (broad SMARTS) is 1. The van der Waals surface area contributed by atoms with Crippen molar-refractivity contribution in [3.05, 3.63) is 41.7 Å². The summed E-state index contributed by atoms with van der Waals surface area (Å²) < 4.78 is 2.36. The first-order valence-corrected chi connectivity index (χ1v) is 16.2. The maximum Gasteiger partial charge on any atom is 0.410 e. The first-order valence-electron chi connectivity index (χ1n) is 16.2. The number of anilines is 2. The van der Waals surface area contributed by atoms with Crippen LogP contribution in [0.5, 0.6) is 0 Å². The number of imidazole rings is 1. The van der Waals surface area contributed by atoms with E-state index < -0.39 is 6.09 Å². The third-order valence-corrected chi connectivity index (χ3v) is 10.1. The summed E-state index contributed by atoms with van der Waals surface area (Å²) in [5, 5.41) is 23.5. The average Bonchev–Trinajstić information content (AvgIpc) is 3.31. The third-order valence-electron chi connectivity index (χ3n) is 10.1. The van der Waals surface area contributed by atoms with Crippen molar-refractivity contribution in [2.75, 3.05) is 16.8 Å². The topological polar surface area (TPSA) is 132 Å². The van der Waals surface area contributed by atoms with Gasteiger partial charge in [-0.15, -0.1) is 0 Å². The second-order valence-electron chi connectivity index (χ2n) is 13.4. The minimum atomic E-state index is -1.31. The van der Waals surface area contributed by atoms with E-state index in [1.165, 1.54) is 50.5 Å². The second-order valence-corrected chi connectivity index (χ2v) is 13.4. The second kappa shape index (κ2) is 12.5. The first-order chi connectivity index (χ1) is 20.8. The summed E-state index contributed by atoms with van der Waals surface area (Å²) in [5.74, 6) is 3.70. The monoisotopic (exact) mass is 586 g/mol. The fraction of sp³-hybridized carbons (Fsp3) is 0.606. The molecule has 0 radical (unpaired) electrons. The Kier molecular flexibility index (Phi) is 8.54. The van der Waals surface area contributed by atoms with E-state index >= 15 is 0 Å². The van der Waals surface area contributed by atoms with Crippen molar-refractivity contribution in [2.24, 2.45) is 23.7 Å². The lowest BCUT2D eigenvalue weighted by Crippen LogP contribution is -2.38. The minimum Gasteiger partial charge on any atom is -0.465 e. The molecule has 2 unspecified atom stereocenters. The summed E-state index contributed by atoms with van der Waals surface area (Å²) in [7, 11) is 0. The number of benzene rings is 1. The van der Waals surface area contributed by atoms with Crippen LogP contribution in [-0.2, 0) is 6.54 Å². The van der Waals surface area contributed by atoms with Gasteiger partial charge in [-0.3, -0.25) is 10.7 Å². The van der Waals surface area contributed by atoms with Crippen LogP contribution in [0, 0.1) is 29.1 Å². The molecule has 10 nitrogen and oxygen atoms in total. The Morgan fingerprint density at radius 2 is 1.77 bits per heavy atom. The summed E-state index contributed by atoms with van der Waals surface area (Å²) in [4.78, 5) is 28.6. The fourth-order valence-electron chi connectivity index (χ4n) is 7.21. The smallest absolute Gasteiger partial charge is 0.410 e. The van der Waals surface area contributed by atoms with Crippen LogP contribution in [-0.4, -0.2) is 49.1 Å². The maximum absolute atomic E-state index is 11.4. The highest BCUT2D eigenvalue weighted by atomic mass is 16.4. The number of carbonyl (C=O) groups is 1. The fourth-order valence-corrected chi connectivity index (χ4v) is 7.21. The Morgan fingerprint density at radius 1 is 1.02 bits per heavy atom. The van der Waals surface area contributed by atoms with E-state index in [1.54, 1.807) is 0 Å². The number of aromatic nitrogens is 4. The van der Waals surface area contributed by atoms with Crippen molar-refractivity contribution in [2.45, 2.75) is 97.2 Å². The number of rotatable bonds is 8. The van der Waals surface area contributed by atoms with Crippen LogP contribution in [0.2, 0.25) is 0 Å². The van der Waals surface area contributed by atoms with Gasteiger partial charge in [0.2, 0.25) is 5.95 Å². The molecule has 3 aliphatic rings. The SMILES string of the molecule is CC1CCC(Cn2c(N3CCC(C)CC3c3ccccc3)nc3nc(C(=N)NC(=O)O)nc(N[C@H](C)C4CCC4)c32)CC1. The molecule has 10 heteroatoms. The predicted molar refractivity (Wildman–Crippen MR) is 170 cm³/mol. The van der Waals surface area contributed by atoms with Gasteiger partial charge in [0.1, 0.15) is 5.52 Å². The van der Waals surface area contributed by atoms with Crippen molar-refractivity contribution >= 4 is 34.9 Å². The van der Waals surface area contributed by atoms with Gasteiger partial charge in [0.15, 0.2) is 23.1 Å². The molecule has 2 saturated carbocycles. The Hall–Kier alpha value is -3.69. The number of amidine groups is 1. The quantitative estimate of drug-likeness (QED) is 0.168. The van der Waals surface area contributed by atoms with Gasteiger partial charge in [0.25, 0.3) is 0 Å². The number of fused-ring (bicyclic) bond motifs is 1. The van der Waals surface area contributed by atoms with Gasteiger partial charge in [0.05, 0.1) is 6.04 Å². The van der Waals surface area contributed by atoms with E-state index in [0.717, 1.165) is 43.3 Å². The number of nitrogens with one attached hydrogen (secondary N) is 3. The summed E-state index contributed by atoms with van der Waals surface area (Å²) in [6.45, 7) is 8.62. The zero-order chi connectivity index (χ0) is 30.1. The van der Waals surface area contributed by atoms with Crippen molar-refractivity contribution in [3.63, 3.8) is 0 Å². The minimum absolute atomic E-state index is 0.0350. The molecule has 6 rings (SSSR count). The standard InChI is InChI=1S/C33H46N8O2/c1-20-12-14-23(15-13-20)19-41-27-29(35-22(3)24-10-7-11-24)37-31(28(34)36-33(42)43)38-30(27)39-32(41)40-17-16-21(2)18-26(40)25-8-5-4-6-9-25/h4-6,8-9,20-24,26H,7,10-19H2,1-3H3,(H2,34,36)(H,42,43)(H,35,37,38)/t20?,21?,22-,23?,26?/m1/s1. The van der Waals surface area contributed by atoms with Crippen LogP contribution in [0.4, 0.5) is 16.6 Å². The molecule has 0 bridgehead atoms. The number of hydrogen-bond donors (Lipinski definition) is 4. The van der Waals surface area contributed by atoms with Gasteiger partial charge in [0, 0.05) is 19.1 Å². The van der Waals surface area contributed by atoms with Gasteiger partial charge < -0.3 is 19.9 Å². The summed E-state index contributed by atoms with van der Waals surface area (Å²) in [5.41, 5.74) is 2.65. The van der Waals surface area contributed by atoms with Crippen LogP contribution in [0.3, 0.4) is 0 Å². The first kappa shape index (κ1) is 29.4. The zero-order valence-electron chi connectivity index (χ0n) is 25.7. The summed E-state index contributed by atoms with van der Waals surface area (Å²) in [6.07, 6.45) is 9.28. The van der Waals surface area contributed by atoms with Gasteiger partial charge >= 0.3 is 6.09 Å². The lowest BCUT2D eigenvalue weighted by molar-refractivity contribution is 0.200. The van der Waals surface area contributed by atoms with E-state index in [2.05, 4.69) is 71.2 Å². The average molecular weight is 587 g/mol. The predicted octanol–water partition coefficient (Wildman–Crippen LogP) is 6.82. The van der Waals surface area contributed by atoms with E-state index in [9.17, 15) is 9.90 Å². The number of hydrogen-bond acceptors (Lipinski definition) is 7. The molecule has 2 aromatic heterocycles. The highest BCUT2D eigenvalue weighted by Gasteiger charge is 2.34. The molecule has 2 aliphatic carbocycles. The van der Waals surface area contributed by atoms with Gasteiger partial charge in [-0.2, -0.15) is 4.98 Å². The highest BCUT2D eigenvalue weighted by molar-refractivity contribution is 6.03. The number of amides is 1. The molecular formula is C33H46N8O2. The third kappa shape index (κ3) is 6.33. The van der Waals surface area contributed by atoms with E-state index in [0.29, 0.717) is 29.2 Å². The van der Waals surface area contributed by atoms with Gasteiger partial charge in [-0.1, -0.05) is 63.4 Å². The van der Waals surface area contributed by atoms with E-state index in [4.69, 9.17) is 20.4 Å². The Balaban J connectivity index is 1.49. The zero-order valence-corrected chi connectivity index (χ0v) is 25.7. The van der Waals surface area contributed by atoms with Crippen molar-refractivity contribution in [1.29, 1.82) is 5.41 Å².